The fourth-order valence-electron chi connectivity index (χ4n) is 2.38. The van der Waals surface area contributed by atoms with Gasteiger partial charge in [-0.2, -0.15) is 0 Å². The number of aliphatic hydroxyl groups is 1. The summed E-state index contributed by atoms with van der Waals surface area (Å²) in [6, 6.07) is 0. The van der Waals surface area contributed by atoms with E-state index >= 15 is 0 Å². The Morgan fingerprint density at radius 2 is 2.06 bits per heavy atom. The molecule has 1 saturated heterocycles. The molecule has 2 aliphatic rings. The third-order valence-electron chi connectivity index (χ3n) is 3.73. The minimum absolute atomic E-state index is 0.0581. The van der Waals surface area contributed by atoms with E-state index in [1.807, 2.05) is 6.92 Å². The lowest BCUT2D eigenvalue weighted by molar-refractivity contribution is -0.172. The molecule has 1 saturated carbocycles. The van der Waals surface area contributed by atoms with Crippen LogP contribution in [0.15, 0.2) is 0 Å². The highest BCUT2D eigenvalue weighted by Gasteiger charge is 2.37. The zero-order valence-corrected chi connectivity index (χ0v) is 10.9. The predicted molar refractivity (Wildman–Crippen MR) is 64.1 cm³/mol. The van der Waals surface area contributed by atoms with Crippen LogP contribution >= 0.6 is 0 Å². The van der Waals surface area contributed by atoms with Gasteiger partial charge in [0.2, 0.25) is 0 Å². The first-order valence-electron chi connectivity index (χ1n) is 6.71. The second-order valence-electron chi connectivity index (χ2n) is 5.22. The van der Waals surface area contributed by atoms with Crippen LogP contribution < -0.4 is 0 Å². The van der Waals surface area contributed by atoms with Crippen LogP contribution in [0.2, 0.25) is 0 Å². The van der Waals surface area contributed by atoms with E-state index in [1.165, 1.54) is 0 Å². The monoisotopic (exact) mass is 258 g/mol. The van der Waals surface area contributed by atoms with Crippen LogP contribution in [0.5, 0.6) is 0 Å². The van der Waals surface area contributed by atoms with Gasteiger partial charge in [-0.1, -0.05) is 0 Å². The third kappa shape index (κ3) is 3.43. The lowest BCUT2D eigenvalue weighted by atomic mass is 9.79. The number of rotatable bonds is 5. The van der Waals surface area contributed by atoms with Crippen molar-refractivity contribution in [3.8, 4) is 0 Å². The van der Waals surface area contributed by atoms with Crippen molar-refractivity contribution in [1.29, 1.82) is 0 Å². The van der Waals surface area contributed by atoms with Gasteiger partial charge in [-0.25, -0.2) is 0 Å². The molecule has 2 rings (SSSR count). The Hall–Kier alpha value is -0.650. The van der Waals surface area contributed by atoms with E-state index in [1.54, 1.807) is 0 Å². The molecule has 1 heterocycles. The Kier molecular flexibility index (Phi) is 4.59. The maximum Gasteiger partial charge on any atom is 0.308 e. The predicted octanol–water partition coefficient (Wildman–Crippen LogP) is 0.886. The first-order chi connectivity index (χ1) is 8.63. The molecule has 104 valence electrons. The van der Waals surface area contributed by atoms with Crippen molar-refractivity contribution >= 4 is 5.97 Å². The van der Waals surface area contributed by atoms with E-state index in [-0.39, 0.29) is 18.0 Å². The molecule has 1 N–H and O–H groups in total. The quantitative estimate of drug-likeness (QED) is 0.742. The van der Waals surface area contributed by atoms with Crippen molar-refractivity contribution < 1.29 is 24.1 Å². The molecule has 0 atom stereocenters. The molecule has 0 aromatic rings. The van der Waals surface area contributed by atoms with Crippen LogP contribution in [0, 0.1) is 5.92 Å². The van der Waals surface area contributed by atoms with Crippen molar-refractivity contribution in [2.45, 2.75) is 44.3 Å². The second-order valence-corrected chi connectivity index (χ2v) is 5.22. The molecule has 0 bridgehead atoms. The number of ether oxygens (including phenoxy) is 3. The Balaban J connectivity index is 1.71. The van der Waals surface area contributed by atoms with Gasteiger partial charge in [-0.3, -0.25) is 4.79 Å². The van der Waals surface area contributed by atoms with E-state index in [2.05, 4.69) is 0 Å². The third-order valence-corrected chi connectivity index (χ3v) is 3.73. The van der Waals surface area contributed by atoms with Crippen molar-refractivity contribution in [3.63, 3.8) is 0 Å². The van der Waals surface area contributed by atoms with Crippen molar-refractivity contribution in [2.24, 2.45) is 5.92 Å². The molecule has 18 heavy (non-hydrogen) atoms. The summed E-state index contributed by atoms with van der Waals surface area (Å²) in [7, 11) is 0. The summed E-state index contributed by atoms with van der Waals surface area (Å²) in [5.74, 6) is -0.190. The molecule has 5 heteroatoms. The molecule has 1 aliphatic carbocycles. The SMILES string of the molecule is CCOC(=O)C1CCC(O)(COC2COC2)CC1. The molecule has 0 aromatic heterocycles. The van der Waals surface area contributed by atoms with Gasteiger partial charge in [0.1, 0.15) is 6.10 Å². The van der Waals surface area contributed by atoms with Crippen LogP contribution in [-0.4, -0.2) is 49.2 Å². The van der Waals surface area contributed by atoms with Gasteiger partial charge in [-0.05, 0) is 32.6 Å². The Bertz CT molecular complexity index is 279. The molecule has 0 radical (unpaired) electrons. The Morgan fingerprint density at radius 3 is 2.56 bits per heavy atom. The fraction of sp³-hybridized carbons (Fsp3) is 0.923. The number of esters is 1. The van der Waals surface area contributed by atoms with Gasteiger partial charge in [0.15, 0.2) is 0 Å². The number of hydrogen-bond acceptors (Lipinski definition) is 5. The molecule has 0 unspecified atom stereocenters. The van der Waals surface area contributed by atoms with Crippen molar-refractivity contribution in [2.75, 3.05) is 26.4 Å². The molecule has 5 nitrogen and oxygen atoms in total. The first kappa shape index (κ1) is 13.8. The Morgan fingerprint density at radius 1 is 1.39 bits per heavy atom. The molecular formula is C13H22O5. The van der Waals surface area contributed by atoms with Gasteiger partial charge in [-0.15, -0.1) is 0 Å². The van der Waals surface area contributed by atoms with Crippen LogP contribution in [0.1, 0.15) is 32.6 Å². The largest absolute Gasteiger partial charge is 0.466 e. The van der Waals surface area contributed by atoms with Gasteiger partial charge in [0.05, 0.1) is 37.9 Å². The average molecular weight is 258 g/mol. The lowest BCUT2D eigenvalue weighted by Crippen LogP contribution is -2.45. The zero-order valence-electron chi connectivity index (χ0n) is 10.9. The van der Waals surface area contributed by atoms with Gasteiger partial charge < -0.3 is 19.3 Å². The summed E-state index contributed by atoms with van der Waals surface area (Å²) in [6.45, 7) is 3.83. The molecule has 1 aliphatic heterocycles. The van der Waals surface area contributed by atoms with Crippen LogP contribution in [-0.2, 0) is 19.0 Å². The standard InChI is InChI=1S/C13H22O5/c1-2-17-12(14)10-3-5-13(15,6-4-10)9-18-11-7-16-8-11/h10-11,15H,2-9H2,1H3. The summed E-state index contributed by atoms with van der Waals surface area (Å²) in [5.41, 5.74) is -0.779. The highest BCUT2D eigenvalue weighted by Crippen LogP contribution is 2.33. The lowest BCUT2D eigenvalue weighted by Gasteiger charge is -2.37. The normalized spacial score (nSPS) is 32.9. The highest BCUT2D eigenvalue weighted by atomic mass is 16.6. The maximum absolute atomic E-state index is 11.6. The summed E-state index contributed by atoms with van der Waals surface area (Å²) in [6.07, 6.45) is 2.70. The minimum Gasteiger partial charge on any atom is -0.466 e. The summed E-state index contributed by atoms with van der Waals surface area (Å²) in [5, 5.41) is 10.4. The van der Waals surface area contributed by atoms with Crippen LogP contribution in [0.3, 0.4) is 0 Å². The van der Waals surface area contributed by atoms with E-state index < -0.39 is 5.60 Å². The van der Waals surface area contributed by atoms with Crippen molar-refractivity contribution in [1.82, 2.24) is 0 Å². The van der Waals surface area contributed by atoms with E-state index in [9.17, 15) is 9.90 Å². The van der Waals surface area contributed by atoms with E-state index in [0.29, 0.717) is 52.1 Å². The van der Waals surface area contributed by atoms with Gasteiger partial charge in [0.25, 0.3) is 0 Å². The maximum atomic E-state index is 11.6. The average Bonchev–Trinajstić information content (AvgIpc) is 2.28. The summed E-state index contributed by atoms with van der Waals surface area (Å²) >= 11 is 0. The fourth-order valence-corrected chi connectivity index (χ4v) is 2.38. The second kappa shape index (κ2) is 5.99. The molecule has 0 spiro atoms. The summed E-state index contributed by atoms with van der Waals surface area (Å²) in [4.78, 5) is 11.6. The van der Waals surface area contributed by atoms with Crippen molar-refractivity contribution in [3.05, 3.63) is 0 Å². The van der Waals surface area contributed by atoms with Gasteiger partial charge >= 0.3 is 5.97 Å². The van der Waals surface area contributed by atoms with Crippen LogP contribution in [0.25, 0.3) is 0 Å². The zero-order chi connectivity index (χ0) is 13.0. The summed E-state index contributed by atoms with van der Waals surface area (Å²) < 4.78 is 15.6. The Labute approximate surface area is 107 Å². The molecule has 0 aromatic carbocycles. The van der Waals surface area contributed by atoms with E-state index in [4.69, 9.17) is 14.2 Å². The molecule has 0 amide bonds. The topological polar surface area (TPSA) is 65.0 Å². The first-order valence-corrected chi connectivity index (χ1v) is 6.71. The number of carbonyl (C=O) groups excluding carboxylic acids is 1. The van der Waals surface area contributed by atoms with E-state index in [0.717, 1.165) is 0 Å². The molecular weight excluding hydrogens is 236 g/mol. The smallest absolute Gasteiger partial charge is 0.308 e. The minimum atomic E-state index is -0.779. The molecule has 2 fully saturated rings. The van der Waals surface area contributed by atoms with Gasteiger partial charge in [0, 0.05) is 0 Å². The number of carbonyl (C=O) groups is 1. The van der Waals surface area contributed by atoms with Crippen LogP contribution in [0.4, 0.5) is 0 Å². The number of hydrogen-bond donors (Lipinski definition) is 1. The highest BCUT2D eigenvalue weighted by molar-refractivity contribution is 5.72.